The molecule has 0 unspecified atom stereocenters. The minimum Gasteiger partial charge on any atom is -0.337 e. The van der Waals surface area contributed by atoms with Crippen molar-refractivity contribution in [2.24, 2.45) is 0 Å². The van der Waals surface area contributed by atoms with Crippen LogP contribution in [0.5, 0.6) is 0 Å². The van der Waals surface area contributed by atoms with Gasteiger partial charge in [0.2, 0.25) is 11.7 Å². The molecular weight excluding hydrogens is 354 g/mol. The molecule has 5 heterocycles. The summed E-state index contributed by atoms with van der Waals surface area (Å²) < 4.78 is 7.56. The van der Waals surface area contributed by atoms with Gasteiger partial charge in [-0.2, -0.15) is 4.98 Å². The minimum absolute atomic E-state index is 0.243. The van der Waals surface area contributed by atoms with E-state index in [0.29, 0.717) is 11.9 Å². The van der Waals surface area contributed by atoms with Gasteiger partial charge in [-0.25, -0.2) is 9.97 Å². The maximum absolute atomic E-state index is 5.69. The lowest BCUT2D eigenvalue weighted by molar-refractivity contribution is 0.0958. The van der Waals surface area contributed by atoms with Crippen LogP contribution in [0, 0.1) is 0 Å². The highest BCUT2D eigenvalue weighted by molar-refractivity contribution is 5.53. The van der Waals surface area contributed by atoms with E-state index in [0.717, 1.165) is 43.3 Å². The van der Waals surface area contributed by atoms with E-state index in [2.05, 4.69) is 32.0 Å². The Labute approximate surface area is 164 Å². The summed E-state index contributed by atoms with van der Waals surface area (Å²) in [4.78, 5) is 18.3. The fraction of sp³-hybridized carbons (Fsp3) is 0.500. The number of hydrogen-bond acceptors (Lipinski definition) is 7. The second-order valence-corrected chi connectivity index (χ2v) is 7.76. The molecule has 8 heteroatoms. The summed E-state index contributed by atoms with van der Waals surface area (Å²) in [5.74, 6) is 2.16. The van der Waals surface area contributed by atoms with E-state index >= 15 is 0 Å². The van der Waals surface area contributed by atoms with Crippen molar-refractivity contribution in [3.63, 3.8) is 0 Å². The lowest BCUT2D eigenvalue weighted by Crippen LogP contribution is -2.43. The van der Waals surface area contributed by atoms with Crippen LogP contribution in [0.2, 0.25) is 0 Å². The third-order valence-electron chi connectivity index (χ3n) is 5.95. The first-order valence-corrected chi connectivity index (χ1v) is 10.0. The summed E-state index contributed by atoms with van der Waals surface area (Å²) in [5, 5.41) is 4.23. The summed E-state index contributed by atoms with van der Waals surface area (Å²) >= 11 is 0. The van der Waals surface area contributed by atoms with Crippen LogP contribution < -0.4 is 0 Å². The fourth-order valence-electron chi connectivity index (χ4n) is 4.37. The van der Waals surface area contributed by atoms with E-state index in [1.54, 1.807) is 18.7 Å². The molecule has 0 aliphatic carbocycles. The van der Waals surface area contributed by atoms with E-state index < -0.39 is 0 Å². The highest BCUT2D eigenvalue weighted by atomic mass is 16.5. The molecule has 5 rings (SSSR count). The largest absolute Gasteiger partial charge is 0.337 e. The lowest BCUT2D eigenvalue weighted by Gasteiger charge is -2.37. The van der Waals surface area contributed by atoms with E-state index in [1.165, 1.54) is 19.3 Å². The van der Waals surface area contributed by atoms with Crippen LogP contribution in [-0.4, -0.2) is 67.2 Å². The van der Waals surface area contributed by atoms with Gasteiger partial charge in [0.1, 0.15) is 12.1 Å². The monoisotopic (exact) mass is 379 g/mol. The molecule has 8 nitrogen and oxygen atoms in total. The summed E-state index contributed by atoms with van der Waals surface area (Å²) in [6, 6.07) is 4.77. The third kappa shape index (κ3) is 3.33. The van der Waals surface area contributed by atoms with Crippen LogP contribution >= 0.6 is 0 Å². The second kappa shape index (κ2) is 7.44. The predicted molar refractivity (Wildman–Crippen MR) is 104 cm³/mol. The standard InChI is InChI=1S/C20H25N7O/c1-25-10-6-16(7-11-25)27-9-2-3-17(27)20-23-19(24-28-20)15-4-5-18(22-13-15)26-12-8-21-14-26/h4-5,8,12-14,16-17H,2-3,6-7,9-11H2,1H3/t17-/m0/s1. The van der Waals surface area contributed by atoms with Crippen LogP contribution in [0.1, 0.15) is 37.6 Å². The van der Waals surface area contributed by atoms with Crippen molar-refractivity contribution >= 4 is 0 Å². The van der Waals surface area contributed by atoms with Gasteiger partial charge in [0.15, 0.2) is 0 Å². The van der Waals surface area contributed by atoms with Crippen molar-refractivity contribution in [1.29, 1.82) is 0 Å². The van der Waals surface area contributed by atoms with E-state index in [9.17, 15) is 0 Å². The number of pyridine rings is 1. The number of likely N-dealkylation sites (tertiary alicyclic amines) is 2. The first kappa shape index (κ1) is 17.5. The summed E-state index contributed by atoms with van der Waals surface area (Å²) in [6.45, 7) is 3.45. The van der Waals surface area contributed by atoms with Crippen molar-refractivity contribution in [3.8, 4) is 17.2 Å². The summed E-state index contributed by atoms with van der Waals surface area (Å²) in [7, 11) is 2.20. The van der Waals surface area contributed by atoms with Gasteiger partial charge in [0.05, 0.1) is 6.04 Å². The Morgan fingerprint density at radius 1 is 1.11 bits per heavy atom. The molecule has 0 N–H and O–H groups in total. The van der Waals surface area contributed by atoms with Crippen molar-refractivity contribution in [2.45, 2.75) is 37.8 Å². The lowest BCUT2D eigenvalue weighted by atomic mass is 10.0. The zero-order valence-corrected chi connectivity index (χ0v) is 16.1. The average Bonchev–Trinajstić information content (AvgIpc) is 3.49. The molecule has 0 saturated carbocycles. The first-order chi connectivity index (χ1) is 13.8. The molecule has 0 amide bonds. The fourth-order valence-corrected chi connectivity index (χ4v) is 4.37. The molecule has 0 spiro atoms. The number of nitrogens with zero attached hydrogens (tertiary/aromatic N) is 7. The zero-order chi connectivity index (χ0) is 18.9. The molecule has 2 aliphatic heterocycles. The van der Waals surface area contributed by atoms with Crippen molar-refractivity contribution in [3.05, 3.63) is 42.9 Å². The Kier molecular flexibility index (Phi) is 4.66. The van der Waals surface area contributed by atoms with Gasteiger partial charge >= 0.3 is 0 Å². The Bertz CT molecular complexity index is 897. The van der Waals surface area contributed by atoms with Crippen LogP contribution in [0.4, 0.5) is 0 Å². The van der Waals surface area contributed by atoms with Crippen molar-refractivity contribution < 1.29 is 4.52 Å². The number of aromatic nitrogens is 5. The van der Waals surface area contributed by atoms with Crippen LogP contribution in [0.15, 0.2) is 41.6 Å². The molecular formula is C20H25N7O. The van der Waals surface area contributed by atoms with Gasteiger partial charge in [-0.3, -0.25) is 9.47 Å². The molecule has 3 aromatic heterocycles. The van der Waals surface area contributed by atoms with Crippen molar-refractivity contribution in [2.75, 3.05) is 26.7 Å². The molecule has 28 heavy (non-hydrogen) atoms. The summed E-state index contributed by atoms with van der Waals surface area (Å²) in [5.41, 5.74) is 0.864. The first-order valence-electron chi connectivity index (χ1n) is 10.0. The quantitative estimate of drug-likeness (QED) is 0.689. The Morgan fingerprint density at radius 2 is 2.00 bits per heavy atom. The number of piperidine rings is 1. The Morgan fingerprint density at radius 3 is 2.75 bits per heavy atom. The molecule has 0 aromatic carbocycles. The summed E-state index contributed by atoms with van der Waals surface area (Å²) in [6.07, 6.45) is 11.8. The minimum atomic E-state index is 0.243. The molecule has 146 valence electrons. The molecule has 0 bridgehead atoms. The smallest absolute Gasteiger partial charge is 0.244 e. The van der Waals surface area contributed by atoms with Gasteiger partial charge in [-0.05, 0) is 64.5 Å². The zero-order valence-electron chi connectivity index (χ0n) is 16.1. The van der Waals surface area contributed by atoms with Gasteiger partial charge in [0, 0.05) is 30.2 Å². The molecule has 2 fully saturated rings. The Balaban J connectivity index is 1.33. The normalized spacial score (nSPS) is 22.1. The van der Waals surface area contributed by atoms with Gasteiger partial charge in [-0.1, -0.05) is 5.16 Å². The van der Waals surface area contributed by atoms with Crippen molar-refractivity contribution in [1.82, 2.24) is 34.5 Å². The van der Waals surface area contributed by atoms with Crippen LogP contribution in [-0.2, 0) is 0 Å². The molecule has 2 aliphatic rings. The van der Waals surface area contributed by atoms with Gasteiger partial charge in [-0.15, -0.1) is 0 Å². The molecule has 3 aromatic rings. The van der Waals surface area contributed by atoms with E-state index in [4.69, 9.17) is 9.51 Å². The average molecular weight is 379 g/mol. The maximum atomic E-state index is 5.69. The van der Waals surface area contributed by atoms with E-state index in [1.807, 2.05) is 22.9 Å². The highest BCUT2D eigenvalue weighted by Gasteiger charge is 2.36. The molecule has 2 saturated heterocycles. The number of hydrogen-bond donors (Lipinski definition) is 0. The van der Waals surface area contributed by atoms with Gasteiger partial charge < -0.3 is 9.42 Å². The third-order valence-corrected chi connectivity index (χ3v) is 5.95. The predicted octanol–water partition coefficient (Wildman–Crippen LogP) is 2.55. The highest BCUT2D eigenvalue weighted by Crippen LogP contribution is 2.36. The number of rotatable bonds is 4. The molecule has 1 atom stereocenters. The maximum Gasteiger partial charge on any atom is 0.244 e. The van der Waals surface area contributed by atoms with Gasteiger partial charge in [0.25, 0.3) is 0 Å². The molecule has 0 radical (unpaired) electrons. The topological polar surface area (TPSA) is 76.1 Å². The van der Waals surface area contributed by atoms with Crippen LogP contribution in [0.25, 0.3) is 17.2 Å². The Hall–Kier alpha value is -2.58. The number of imidazole rings is 1. The van der Waals surface area contributed by atoms with E-state index in [-0.39, 0.29) is 6.04 Å². The SMILES string of the molecule is CN1CCC(N2CCC[C@H]2c2nc(-c3ccc(-n4ccnc4)nc3)no2)CC1. The second-order valence-electron chi connectivity index (χ2n) is 7.76. The van der Waals surface area contributed by atoms with Crippen LogP contribution in [0.3, 0.4) is 0 Å².